The SMILES string of the molecule is COCCC[C@@H]1CCC2(CCCC2)C[C@@]12CC#C[C@H]1NC(N)=N[C@H](C(C)C)CSSC[C@H]1[C@H]1Cc3c4cc(c(c3O[C@@H]1O)OCN2)CC#Cc1c(ccc(O)c1OC)CCC(=O)C[C@H](O)CC4. The van der Waals surface area contributed by atoms with Crippen molar-refractivity contribution in [3.63, 3.8) is 0 Å². The van der Waals surface area contributed by atoms with E-state index in [1.807, 2.05) is 0 Å². The fourth-order valence-corrected chi connectivity index (χ4v) is 14.7. The summed E-state index contributed by atoms with van der Waals surface area (Å²) in [7, 11) is 6.85. The van der Waals surface area contributed by atoms with Crippen LogP contribution < -0.4 is 30.6 Å². The van der Waals surface area contributed by atoms with Gasteiger partial charge in [0.1, 0.15) is 12.5 Å². The molecule has 0 radical (unpaired) electrons. The Morgan fingerprint density at radius 2 is 1.81 bits per heavy atom. The molecule has 8 atom stereocenters. The minimum Gasteiger partial charge on any atom is -0.504 e. The summed E-state index contributed by atoms with van der Waals surface area (Å²) in [5.74, 6) is 17.3. The number of aliphatic imine (C=N–C) groups is 1. The summed E-state index contributed by atoms with van der Waals surface area (Å²) in [4.78, 5) is 18.3. The Kier molecular flexibility index (Phi) is 16.5. The van der Waals surface area contributed by atoms with Crippen LogP contribution in [0, 0.1) is 52.8 Å². The average molecular weight is 957 g/mol. The van der Waals surface area contributed by atoms with Gasteiger partial charge in [0.25, 0.3) is 0 Å². The molecule has 3 aliphatic carbocycles. The van der Waals surface area contributed by atoms with Gasteiger partial charge in [0, 0.05) is 79.4 Å². The molecule has 14 heteroatoms. The molecular weight excluding hydrogens is 885 g/mol. The summed E-state index contributed by atoms with van der Waals surface area (Å²) in [6.07, 6.45) is 11.0. The predicted octanol–water partition coefficient (Wildman–Crippen LogP) is 7.23. The summed E-state index contributed by atoms with van der Waals surface area (Å²) < 4.78 is 25.1. The number of aliphatic hydroxyl groups is 2. The maximum atomic E-state index is 13.3. The first-order valence-electron chi connectivity index (χ1n) is 24.7. The standard InChI is InChI=1S/C53H72N4O8S2/c1-33(2)45-30-67-66-29-43-42-28-41-35-15-18-39(59)27-38(58)17-14-34-16-19-46(60)48(63-4)40(34)12-7-10-36(26-35)47(49(41)65-50(42)61)64-32-55-53(23-8-13-44(43)56-51(54)57-45)31-52(21-5-6-22-52)24-20-37(53)11-9-25-62-3/h16,19,26,33,37,39,42-45,50,55,59-61H,5-6,9-11,14-15,17-18,20-25,27-32H2,1-4H3,(H3,54,56,57)/t37-,39-,42-,43+,44-,45+,50+,53+/m1/s1. The molecule has 67 heavy (non-hydrogen) atoms. The molecule has 4 heterocycles. The Labute approximate surface area is 405 Å². The van der Waals surface area contributed by atoms with Crippen molar-refractivity contribution < 1.29 is 39.1 Å². The summed E-state index contributed by atoms with van der Waals surface area (Å²) >= 11 is 0. The molecule has 6 bridgehead atoms. The molecule has 7 N–H and O–H groups in total. The highest BCUT2D eigenvalue weighted by molar-refractivity contribution is 8.76. The van der Waals surface area contributed by atoms with Gasteiger partial charge in [-0.25, -0.2) is 4.99 Å². The van der Waals surface area contributed by atoms with Crippen LogP contribution in [-0.4, -0.2) is 96.1 Å². The fraction of sp³-hybridized carbons (Fsp3) is 0.660. The van der Waals surface area contributed by atoms with Crippen molar-refractivity contribution in [2.75, 3.05) is 39.1 Å². The second-order valence-corrected chi connectivity index (χ2v) is 22.9. The van der Waals surface area contributed by atoms with Gasteiger partial charge in [0.05, 0.1) is 30.9 Å². The number of guanidine groups is 1. The van der Waals surface area contributed by atoms with Crippen LogP contribution in [0.25, 0.3) is 0 Å². The normalized spacial score (nSPS) is 30.0. The van der Waals surface area contributed by atoms with Crippen molar-refractivity contribution in [1.82, 2.24) is 10.6 Å². The fourth-order valence-electron chi connectivity index (χ4n) is 11.9. The molecular formula is C53H72N4O8S2. The zero-order chi connectivity index (χ0) is 47.1. The van der Waals surface area contributed by atoms with E-state index >= 15 is 0 Å². The zero-order valence-corrected chi connectivity index (χ0v) is 41.6. The first kappa shape index (κ1) is 49.7. The Morgan fingerprint density at radius 3 is 2.60 bits per heavy atom. The highest BCUT2D eigenvalue weighted by Crippen LogP contribution is 2.56. The molecule has 0 aromatic heterocycles. The number of ketones is 1. The van der Waals surface area contributed by atoms with Gasteiger partial charge in [0.2, 0.25) is 6.29 Å². The van der Waals surface area contributed by atoms with Crippen LogP contribution in [-0.2, 0) is 35.2 Å². The third-order valence-electron chi connectivity index (χ3n) is 15.7. The maximum Gasteiger partial charge on any atom is 0.201 e. The molecule has 0 unspecified atom stereocenters. The number of Topliss-reactive ketones (excluding diaryl/α,β-unsaturated/α-hetero) is 1. The van der Waals surface area contributed by atoms with Crippen LogP contribution in [0.5, 0.6) is 23.0 Å². The molecule has 0 saturated heterocycles. The molecule has 364 valence electrons. The number of phenols is 1. The molecule has 2 fully saturated rings. The third-order valence-corrected chi connectivity index (χ3v) is 18.1. The van der Waals surface area contributed by atoms with Gasteiger partial charge in [-0.1, -0.05) is 84.1 Å². The van der Waals surface area contributed by atoms with E-state index in [1.54, 1.807) is 40.8 Å². The molecule has 2 aromatic carbocycles. The number of hydrogen-bond acceptors (Lipinski definition) is 14. The number of aryl methyl sites for hydroxylation is 2. The summed E-state index contributed by atoms with van der Waals surface area (Å²) in [5.41, 5.74) is 10.7. The lowest BCUT2D eigenvalue weighted by molar-refractivity contribution is -0.121. The van der Waals surface area contributed by atoms with Crippen molar-refractivity contribution in [3.05, 3.63) is 46.0 Å². The molecule has 2 saturated carbocycles. The van der Waals surface area contributed by atoms with Gasteiger partial charge in [-0.15, -0.1) is 0 Å². The largest absolute Gasteiger partial charge is 0.504 e. The minimum atomic E-state index is -1.19. The van der Waals surface area contributed by atoms with E-state index in [0.717, 1.165) is 53.7 Å². The number of nitrogens with zero attached hydrogens (tertiary/aromatic N) is 1. The highest BCUT2D eigenvalue weighted by atomic mass is 33.1. The second kappa shape index (κ2) is 22.3. The van der Waals surface area contributed by atoms with E-state index in [9.17, 15) is 20.1 Å². The number of carbonyl (C=O) groups excluding carboxylic acids is 1. The number of benzene rings is 2. The number of phenolic OH excluding ortho intramolecular Hbond substituents is 1. The van der Waals surface area contributed by atoms with Crippen molar-refractivity contribution in [2.45, 2.75) is 153 Å². The second-order valence-electron chi connectivity index (χ2n) is 20.3. The van der Waals surface area contributed by atoms with Gasteiger partial charge in [-0.05, 0) is 105 Å². The van der Waals surface area contributed by atoms with Gasteiger partial charge in [0.15, 0.2) is 29.0 Å². The Balaban J connectivity index is 1.28. The molecule has 9 rings (SSSR count). The smallest absolute Gasteiger partial charge is 0.201 e. The first-order valence-corrected chi connectivity index (χ1v) is 27.2. The lowest BCUT2D eigenvalue weighted by Gasteiger charge is -2.52. The van der Waals surface area contributed by atoms with Gasteiger partial charge < -0.3 is 45.3 Å². The first-order chi connectivity index (χ1) is 32.4. The lowest BCUT2D eigenvalue weighted by atomic mass is 9.58. The van der Waals surface area contributed by atoms with Crippen LogP contribution in [0.15, 0.2) is 23.2 Å². The number of hydrogen-bond donors (Lipinski definition) is 6. The van der Waals surface area contributed by atoms with Crippen molar-refractivity contribution in [1.29, 1.82) is 0 Å². The number of aromatic hydroxyl groups is 1. The molecule has 0 amide bonds. The van der Waals surface area contributed by atoms with E-state index < -0.39 is 18.4 Å². The number of nitrogens with two attached hydrogens (primary N) is 1. The Bertz CT molecular complexity index is 2240. The van der Waals surface area contributed by atoms with Crippen LogP contribution in [0.1, 0.15) is 125 Å². The van der Waals surface area contributed by atoms with Crippen LogP contribution >= 0.6 is 21.6 Å². The minimum absolute atomic E-state index is 0.0229. The van der Waals surface area contributed by atoms with E-state index in [-0.39, 0.29) is 72.1 Å². The number of ether oxygens (including phenoxy) is 4. The summed E-state index contributed by atoms with van der Waals surface area (Å²) in [6, 6.07) is 5.09. The van der Waals surface area contributed by atoms with Crippen LogP contribution in [0.4, 0.5) is 0 Å². The maximum absolute atomic E-state index is 13.3. The third kappa shape index (κ3) is 11.5. The highest BCUT2D eigenvalue weighted by Gasteiger charge is 2.51. The van der Waals surface area contributed by atoms with Crippen LogP contribution in [0.2, 0.25) is 0 Å². The number of rotatable bonds is 6. The van der Waals surface area contributed by atoms with Gasteiger partial charge in [-0.3, -0.25) is 10.1 Å². The quantitative estimate of drug-likeness (QED) is 0.0973. The van der Waals surface area contributed by atoms with E-state index in [1.165, 1.54) is 39.2 Å². The molecule has 4 aliphatic heterocycles. The zero-order valence-electron chi connectivity index (χ0n) is 39.9. The van der Waals surface area contributed by atoms with E-state index in [2.05, 4.69) is 54.2 Å². The number of nitrogens with one attached hydrogen (secondary N) is 2. The van der Waals surface area contributed by atoms with Crippen molar-refractivity contribution in [3.8, 4) is 46.7 Å². The monoisotopic (exact) mass is 956 g/mol. The topological polar surface area (TPSA) is 177 Å². The molecule has 2 aromatic rings. The van der Waals surface area contributed by atoms with Crippen molar-refractivity contribution in [2.24, 2.45) is 39.8 Å². The van der Waals surface area contributed by atoms with E-state index in [4.69, 9.17) is 29.7 Å². The number of aliphatic hydroxyl groups excluding tert-OH is 2. The van der Waals surface area contributed by atoms with E-state index in [0.29, 0.717) is 79.3 Å². The van der Waals surface area contributed by atoms with Gasteiger partial charge >= 0.3 is 0 Å². The number of carbonyl (C=O) groups is 1. The molecule has 7 aliphatic rings. The predicted molar refractivity (Wildman–Crippen MR) is 266 cm³/mol. The summed E-state index contributed by atoms with van der Waals surface area (Å²) in [6.45, 7) is 5.24. The average Bonchev–Trinajstić information content (AvgIpc) is 3.75. The Morgan fingerprint density at radius 1 is 0.985 bits per heavy atom. The van der Waals surface area contributed by atoms with Gasteiger partial charge in [-0.2, -0.15) is 0 Å². The Hall–Kier alpha value is -3.76. The molecule has 12 nitrogen and oxygen atoms in total. The molecule has 2 spiro atoms. The van der Waals surface area contributed by atoms with Crippen LogP contribution in [0.3, 0.4) is 0 Å². The summed E-state index contributed by atoms with van der Waals surface area (Å²) in [5, 5.41) is 42.1. The lowest BCUT2D eigenvalue weighted by Crippen LogP contribution is -2.58. The number of methoxy groups -OCH3 is 2. The van der Waals surface area contributed by atoms with Crippen molar-refractivity contribution >= 4 is 33.3 Å². The number of fused-ring (bicyclic) bond motifs is 7.